The van der Waals surface area contributed by atoms with E-state index in [0.717, 1.165) is 0 Å². The van der Waals surface area contributed by atoms with Gasteiger partial charge in [0.2, 0.25) is 5.91 Å². The van der Waals surface area contributed by atoms with Gasteiger partial charge in [-0.15, -0.1) is 0 Å². The molecule has 0 aliphatic carbocycles. The van der Waals surface area contributed by atoms with E-state index in [4.69, 9.17) is 10.8 Å². The molecule has 72 valence electrons. The van der Waals surface area contributed by atoms with E-state index in [1.807, 2.05) is 0 Å². The van der Waals surface area contributed by atoms with Crippen molar-refractivity contribution in [2.45, 2.75) is 12.8 Å². The normalized spacial score (nSPS) is 17.2. The van der Waals surface area contributed by atoms with E-state index in [-0.39, 0.29) is 11.6 Å². The topological polar surface area (TPSA) is 83.6 Å². The van der Waals surface area contributed by atoms with Crippen molar-refractivity contribution in [3.8, 4) is 0 Å². The van der Waals surface area contributed by atoms with Gasteiger partial charge in [-0.1, -0.05) is 6.08 Å². The highest BCUT2D eigenvalue weighted by Gasteiger charge is 2.30. The predicted octanol–water partition coefficient (Wildman–Crippen LogP) is -0.464. The molecule has 1 rings (SSSR count). The molecule has 0 unspecified atom stereocenters. The van der Waals surface area contributed by atoms with E-state index in [9.17, 15) is 9.59 Å². The molecule has 1 fully saturated rings. The van der Waals surface area contributed by atoms with Crippen LogP contribution in [-0.2, 0) is 9.59 Å². The fraction of sp³-hybridized carbons (Fsp3) is 0.500. The SMILES string of the molecule is NCCC=C(C(=O)O)N1CCC1=O. The Hall–Kier alpha value is -1.36. The predicted molar refractivity (Wildman–Crippen MR) is 45.7 cm³/mol. The average Bonchev–Trinajstić information content (AvgIpc) is 2.08. The van der Waals surface area contributed by atoms with Crippen LogP contribution < -0.4 is 5.73 Å². The number of hydrogen-bond acceptors (Lipinski definition) is 3. The number of carboxylic acids is 1. The zero-order valence-corrected chi connectivity index (χ0v) is 7.19. The van der Waals surface area contributed by atoms with Crippen LogP contribution >= 0.6 is 0 Å². The summed E-state index contributed by atoms with van der Waals surface area (Å²) in [6, 6.07) is 0. The van der Waals surface area contributed by atoms with Gasteiger partial charge in [0, 0.05) is 13.0 Å². The van der Waals surface area contributed by atoms with Crippen LogP contribution in [0.5, 0.6) is 0 Å². The highest BCUT2D eigenvalue weighted by atomic mass is 16.4. The van der Waals surface area contributed by atoms with Crippen molar-refractivity contribution < 1.29 is 14.7 Å². The summed E-state index contributed by atoms with van der Waals surface area (Å²) in [6.07, 6.45) is 2.40. The minimum Gasteiger partial charge on any atom is -0.477 e. The molecule has 0 aromatic rings. The Morgan fingerprint density at radius 1 is 1.69 bits per heavy atom. The van der Waals surface area contributed by atoms with Gasteiger partial charge in [-0.3, -0.25) is 4.79 Å². The molecular weight excluding hydrogens is 172 g/mol. The van der Waals surface area contributed by atoms with E-state index in [1.165, 1.54) is 11.0 Å². The minimum absolute atomic E-state index is 0.0571. The number of hydrogen-bond donors (Lipinski definition) is 2. The summed E-state index contributed by atoms with van der Waals surface area (Å²) < 4.78 is 0. The third-order valence-corrected chi connectivity index (χ3v) is 1.86. The Bertz CT molecular complexity index is 260. The minimum atomic E-state index is -1.07. The highest BCUT2D eigenvalue weighted by molar-refractivity contribution is 5.95. The molecule has 3 N–H and O–H groups in total. The Kier molecular flexibility index (Phi) is 3.02. The summed E-state index contributed by atoms with van der Waals surface area (Å²) in [5.74, 6) is -1.20. The van der Waals surface area contributed by atoms with Gasteiger partial charge in [-0.05, 0) is 13.0 Å². The molecule has 0 saturated carbocycles. The van der Waals surface area contributed by atoms with E-state index in [2.05, 4.69) is 0 Å². The van der Waals surface area contributed by atoms with E-state index >= 15 is 0 Å². The number of aliphatic carboxylic acids is 1. The highest BCUT2D eigenvalue weighted by Crippen LogP contribution is 2.16. The van der Waals surface area contributed by atoms with Crippen LogP contribution in [0.3, 0.4) is 0 Å². The van der Waals surface area contributed by atoms with Gasteiger partial charge in [-0.25, -0.2) is 4.79 Å². The Morgan fingerprint density at radius 3 is 2.69 bits per heavy atom. The number of amides is 1. The lowest BCUT2D eigenvalue weighted by molar-refractivity contribution is -0.144. The van der Waals surface area contributed by atoms with E-state index < -0.39 is 5.97 Å². The molecule has 1 aliphatic rings. The molecule has 1 heterocycles. The lowest BCUT2D eigenvalue weighted by Crippen LogP contribution is -2.44. The number of carbonyl (C=O) groups is 2. The Morgan fingerprint density at radius 2 is 2.38 bits per heavy atom. The molecule has 13 heavy (non-hydrogen) atoms. The maximum Gasteiger partial charge on any atom is 0.352 e. The molecule has 1 saturated heterocycles. The monoisotopic (exact) mass is 184 g/mol. The molecule has 0 aromatic heterocycles. The van der Waals surface area contributed by atoms with Crippen LogP contribution in [0, 0.1) is 0 Å². The van der Waals surface area contributed by atoms with Crippen LogP contribution in [0.25, 0.3) is 0 Å². The first-order valence-electron chi connectivity index (χ1n) is 4.10. The summed E-state index contributed by atoms with van der Waals surface area (Å²) in [5.41, 5.74) is 5.29. The standard InChI is InChI=1S/C8H12N2O3/c9-4-1-2-6(8(12)13)10-5-3-7(10)11/h2H,1,3-5,9H2,(H,12,13). The van der Waals surface area contributed by atoms with Gasteiger partial charge in [0.15, 0.2) is 0 Å². The van der Waals surface area contributed by atoms with Crippen molar-refractivity contribution in [2.75, 3.05) is 13.1 Å². The van der Waals surface area contributed by atoms with Gasteiger partial charge in [0.1, 0.15) is 5.70 Å². The van der Waals surface area contributed by atoms with Gasteiger partial charge < -0.3 is 15.7 Å². The average molecular weight is 184 g/mol. The summed E-state index contributed by atoms with van der Waals surface area (Å²) in [7, 11) is 0. The number of nitrogens with zero attached hydrogens (tertiary/aromatic N) is 1. The fourth-order valence-electron chi connectivity index (χ4n) is 1.10. The van der Waals surface area contributed by atoms with Crippen LogP contribution in [0.2, 0.25) is 0 Å². The molecule has 0 aromatic carbocycles. The number of β-lactam (4-membered cyclic amide) rings is 1. The van der Waals surface area contributed by atoms with Crippen LogP contribution in [0.1, 0.15) is 12.8 Å². The second-order valence-electron chi connectivity index (χ2n) is 2.77. The summed E-state index contributed by atoms with van der Waals surface area (Å²) in [5, 5.41) is 8.75. The molecular formula is C8H12N2O3. The first kappa shape index (κ1) is 9.73. The van der Waals surface area contributed by atoms with Crippen molar-refractivity contribution in [1.29, 1.82) is 0 Å². The third-order valence-electron chi connectivity index (χ3n) is 1.86. The Balaban J connectivity index is 2.67. The molecule has 1 amide bonds. The largest absolute Gasteiger partial charge is 0.477 e. The first-order chi connectivity index (χ1) is 6.16. The zero-order valence-electron chi connectivity index (χ0n) is 7.19. The maximum atomic E-state index is 10.9. The second kappa shape index (κ2) is 4.04. The molecule has 0 radical (unpaired) electrons. The smallest absolute Gasteiger partial charge is 0.352 e. The number of carboxylic acid groups (broad SMARTS) is 1. The lowest BCUT2D eigenvalue weighted by atomic mass is 10.1. The Labute approximate surface area is 75.8 Å². The van der Waals surface area contributed by atoms with Crippen LogP contribution in [-0.4, -0.2) is 35.0 Å². The van der Waals surface area contributed by atoms with Crippen molar-refractivity contribution in [3.05, 3.63) is 11.8 Å². The van der Waals surface area contributed by atoms with Gasteiger partial charge in [0.05, 0.1) is 0 Å². The van der Waals surface area contributed by atoms with E-state index in [0.29, 0.717) is 25.9 Å². The summed E-state index contributed by atoms with van der Waals surface area (Å²) in [6.45, 7) is 0.889. The quantitative estimate of drug-likeness (QED) is 0.457. The molecule has 0 bridgehead atoms. The number of nitrogens with two attached hydrogens (primary N) is 1. The fourth-order valence-corrected chi connectivity index (χ4v) is 1.10. The van der Waals surface area contributed by atoms with Crippen molar-refractivity contribution in [2.24, 2.45) is 5.73 Å². The number of likely N-dealkylation sites (tertiary alicyclic amines) is 1. The van der Waals surface area contributed by atoms with Crippen LogP contribution in [0.15, 0.2) is 11.8 Å². The first-order valence-corrected chi connectivity index (χ1v) is 4.10. The molecule has 5 nitrogen and oxygen atoms in total. The molecule has 0 spiro atoms. The van der Waals surface area contributed by atoms with Gasteiger partial charge in [0.25, 0.3) is 0 Å². The maximum absolute atomic E-state index is 10.9. The zero-order chi connectivity index (χ0) is 9.84. The molecule has 5 heteroatoms. The third kappa shape index (κ3) is 2.06. The van der Waals surface area contributed by atoms with Gasteiger partial charge in [-0.2, -0.15) is 0 Å². The number of rotatable bonds is 4. The second-order valence-corrected chi connectivity index (χ2v) is 2.77. The summed E-state index contributed by atoms with van der Waals surface area (Å²) in [4.78, 5) is 22.9. The lowest BCUT2D eigenvalue weighted by Gasteiger charge is -2.30. The van der Waals surface area contributed by atoms with Gasteiger partial charge >= 0.3 is 5.97 Å². The van der Waals surface area contributed by atoms with Crippen molar-refractivity contribution in [1.82, 2.24) is 4.90 Å². The molecule has 1 aliphatic heterocycles. The van der Waals surface area contributed by atoms with Crippen molar-refractivity contribution >= 4 is 11.9 Å². The van der Waals surface area contributed by atoms with Crippen molar-refractivity contribution in [3.63, 3.8) is 0 Å². The summed E-state index contributed by atoms with van der Waals surface area (Å²) >= 11 is 0. The molecule has 0 atom stereocenters. The number of carbonyl (C=O) groups excluding carboxylic acids is 1. The van der Waals surface area contributed by atoms with E-state index in [1.54, 1.807) is 0 Å². The van der Waals surface area contributed by atoms with Crippen LogP contribution in [0.4, 0.5) is 0 Å².